The van der Waals surface area contributed by atoms with Crippen molar-refractivity contribution in [1.82, 2.24) is 10.2 Å². The summed E-state index contributed by atoms with van der Waals surface area (Å²) < 4.78 is 0. The van der Waals surface area contributed by atoms with Gasteiger partial charge in [0.2, 0.25) is 0 Å². The first kappa shape index (κ1) is 13.9. The topological polar surface area (TPSA) is 56.1 Å². The number of amides is 2. The summed E-state index contributed by atoms with van der Waals surface area (Å²) in [5.41, 5.74) is 1.61. The Morgan fingerprint density at radius 3 is 3.05 bits per heavy atom. The van der Waals surface area contributed by atoms with Gasteiger partial charge in [0.05, 0.1) is 11.6 Å². The molecule has 1 aromatic carbocycles. The molecule has 4 heteroatoms. The summed E-state index contributed by atoms with van der Waals surface area (Å²) in [6, 6.07) is 10.0. The second-order valence-electron chi connectivity index (χ2n) is 6.06. The van der Waals surface area contributed by atoms with Crippen LogP contribution in [0.15, 0.2) is 24.3 Å². The van der Waals surface area contributed by atoms with Gasteiger partial charge in [-0.25, -0.2) is 4.79 Å². The molecule has 0 radical (unpaired) electrons. The first-order valence-corrected chi connectivity index (χ1v) is 7.81. The van der Waals surface area contributed by atoms with Gasteiger partial charge in [-0.2, -0.15) is 5.26 Å². The predicted molar refractivity (Wildman–Crippen MR) is 80.5 cm³/mol. The summed E-state index contributed by atoms with van der Waals surface area (Å²) in [6.45, 7) is 1.37. The van der Waals surface area contributed by atoms with Crippen LogP contribution in [0.1, 0.15) is 43.2 Å². The molecule has 0 spiro atoms. The fourth-order valence-electron chi connectivity index (χ4n) is 3.74. The molecular formula is C17H21N3O. The predicted octanol–water partition coefficient (Wildman–Crippen LogP) is 3.03. The number of benzene rings is 1. The van der Waals surface area contributed by atoms with E-state index < -0.39 is 0 Å². The van der Waals surface area contributed by atoms with Crippen LogP contribution in [0.3, 0.4) is 0 Å². The van der Waals surface area contributed by atoms with Gasteiger partial charge in [0.25, 0.3) is 0 Å². The number of piperidine rings is 1. The minimum Gasteiger partial charge on any atom is -0.334 e. The van der Waals surface area contributed by atoms with E-state index in [0.29, 0.717) is 24.1 Å². The lowest BCUT2D eigenvalue weighted by Crippen LogP contribution is -2.50. The molecule has 2 amide bonds. The molecule has 1 saturated heterocycles. The van der Waals surface area contributed by atoms with E-state index >= 15 is 0 Å². The molecule has 1 saturated carbocycles. The zero-order chi connectivity index (χ0) is 14.7. The molecule has 110 valence electrons. The number of fused-ring (bicyclic) bond motifs is 1. The SMILES string of the molecule is N#Cc1cccc(CNC(=O)N2CCCC3CCCC32)c1. The molecule has 2 fully saturated rings. The Balaban J connectivity index is 1.59. The molecule has 2 unspecified atom stereocenters. The third-order valence-corrected chi connectivity index (χ3v) is 4.75. The first-order chi connectivity index (χ1) is 10.3. The van der Waals surface area contributed by atoms with Crippen molar-refractivity contribution in [2.75, 3.05) is 6.54 Å². The zero-order valence-electron chi connectivity index (χ0n) is 12.2. The van der Waals surface area contributed by atoms with Crippen LogP contribution in [-0.4, -0.2) is 23.5 Å². The summed E-state index contributed by atoms with van der Waals surface area (Å²) in [5, 5.41) is 11.9. The Hall–Kier alpha value is -2.02. The van der Waals surface area contributed by atoms with Gasteiger partial charge in [-0.3, -0.25) is 0 Å². The summed E-state index contributed by atoms with van der Waals surface area (Å²) in [6.07, 6.45) is 6.08. The highest BCUT2D eigenvalue weighted by atomic mass is 16.2. The monoisotopic (exact) mass is 283 g/mol. The molecule has 1 aliphatic heterocycles. The number of hydrogen-bond donors (Lipinski definition) is 1. The molecule has 21 heavy (non-hydrogen) atoms. The number of nitrogens with one attached hydrogen (secondary N) is 1. The van der Waals surface area contributed by atoms with Crippen LogP contribution in [0.25, 0.3) is 0 Å². The Kier molecular flexibility index (Phi) is 4.10. The van der Waals surface area contributed by atoms with Crippen molar-refractivity contribution >= 4 is 6.03 Å². The lowest BCUT2D eigenvalue weighted by molar-refractivity contribution is 0.128. The molecule has 2 aliphatic rings. The van der Waals surface area contributed by atoms with Gasteiger partial charge < -0.3 is 10.2 Å². The maximum absolute atomic E-state index is 12.4. The lowest BCUT2D eigenvalue weighted by atomic mass is 9.92. The van der Waals surface area contributed by atoms with Crippen LogP contribution in [0, 0.1) is 17.2 Å². The van der Waals surface area contributed by atoms with E-state index in [9.17, 15) is 4.79 Å². The molecular weight excluding hydrogens is 262 g/mol. The summed E-state index contributed by atoms with van der Waals surface area (Å²) in [4.78, 5) is 14.5. The van der Waals surface area contributed by atoms with Gasteiger partial charge in [-0.1, -0.05) is 18.6 Å². The van der Waals surface area contributed by atoms with E-state index in [2.05, 4.69) is 11.4 Å². The van der Waals surface area contributed by atoms with Gasteiger partial charge in [0, 0.05) is 19.1 Å². The maximum atomic E-state index is 12.4. The van der Waals surface area contributed by atoms with Crippen LogP contribution < -0.4 is 5.32 Å². The second-order valence-corrected chi connectivity index (χ2v) is 6.06. The van der Waals surface area contributed by atoms with E-state index in [1.165, 1.54) is 19.3 Å². The number of nitriles is 1. The average Bonchev–Trinajstić information content (AvgIpc) is 3.01. The summed E-state index contributed by atoms with van der Waals surface area (Å²) >= 11 is 0. The summed E-state index contributed by atoms with van der Waals surface area (Å²) in [7, 11) is 0. The third-order valence-electron chi connectivity index (χ3n) is 4.75. The van der Waals surface area contributed by atoms with Crippen molar-refractivity contribution in [3.8, 4) is 6.07 Å². The number of carbonyl (C=O) groups is 1. The molecule has 1 heterocycles. The van der Waals surface area contributed by atoms with Crippen molar-refractivity contribution in [2.45, 2.75) is 44.7 Å². The van der Waals surface area contributed by atoms with E-state index in [-0.39, 0.29) is 6.03 Å². The molecule has 1 N–H and O–H groups in total. The van der Waals surface area contributed by atoms with E-state index in [0.717, 1.165) is 24.9 Å². The van der Waals surface area contributed by atoms with E-state index in [4.69, 9.17) is 5.26 Å². The van der Waals surface area contributed by atoms with Crippen molar-refractivity contribution in [1.29, 1.82) is 5.26 Å². The minimum absolute atomic E-state index is 0.0500. The molecule has 1 aromatic rings. The van der Waals surface area contributed by atoms with Gasteiger partial charge in [0.15, 0.2) is 0 Å². The standard InChI is InChI=1S/C17H21N3O/c18-11-13-4-1-5-14(10-13)12-19-17(21)20-9-3-7-15-6-2-8-16(15)20/h1,4-5,10,15-16H,2-3,6-9,12H2,(H,19,21). The van der Waals surface area contributed by atoms with Crippen LogP contribution >= 0.6 is 0 Å². The molecule has 3 rings (SSSR count). The average molecular weight is 283 g/mol. The minimum atomic E-state index is 0.0500. The number of carbonyl (C=O) groups excluding carboxylic acids is 1. The fourth-order valence-corrected chi connectivity index (χ4v) is 3.74. The van der Waals surface area contributed by atoms with Crippen molar-refractivity contribution in [3.63, 3.8) is 0 Å². The normalized spacial score (nSPS) is 24.2. The Bertz CT molecular complexity index is 563. The van der Waals surface area contributed by atoms with Gasteiger partial charge in [0.1, 0.15) is 0 Å². The smallest absolute Gasteiger partial charge is 0.317 e. The molecule has 1 aliphatic carbocycles. The molecule has 0 aromatic heterocycles. The van der Waals surface area contributed by atoms with Crippen LogP contribution in [0.5, 0.6) is 0 Å². The first-order valence-electron chi connectivity index (χ1n) is 7.81. The van der Waals surface area contributed by atoms with Gasteiger partial charge in [-0.15, -0.1) is 0 Å². The number of rotatable bonds is 2. The van der Waals surface area contributed by atoms with Crippen molar-refractivity contribution in [2.24, 2.45) is 5.92 Å². The number of nitrogens with zero attached hydrogens (tertiary/aromatic N) is 2. The maximum Gasteiger partial charge on any atom is 0.317 e. The Morgan fingerprint density at radius 1 is 1.33 bits per heavy atom. The summed E-state index contributed by atoms with van der Waals surface area (Å²) in [5.74, 6) is 0.714. The van der Waals surface area contributed by atoms with Crippen molar-refractivity contribution in [3.05, 3.63) is 35.4 Å². The van der Waals surface area contributed by atoms with Gasteiger partial charge >= 0.3 is 6.03 Å². The number of likely N-dealkylation sites (tertiary alicyclic amines) is 1. The highest BCUT2D eigenvalue weighted by Crippen LogP contribution is 2.36. The molecule has 4 nitrogen and oxygen atoms in total. The lowest BCUT2D eigenvalue weighted by Gasteiger charge is -2.37. The highest BCUT2D eigenvalue weighted by molar-refractivity contribution is 5.74. The zero-order valence-corrected chi connectivity index (χ0v) is 12.2. The highest BCUT2D eigenvalue weighted by Gasteiger charge is 2.37. The van der Waals surface area contributed by atoms with Crippen LogP contribution in [0.2, 0.25) is 0 Å². The largest absolute Gasteiger partial charge is 0.334 e. The van der Waals surface area contributed by atoms with E-state index in [1.807, 2.05) is 23.1 Å². The van der Waals surface area contributed by atoms with Gasteiger partial charge in [-0.05, 0) is 49.3 Å². The van der Waals surface area contributed by atoms with Crippen LogP contribution in [-0.2, 0) is 6.54 Å². The molecule has 2 atom stereocenters. The van der Waals surface area contributed by atoms with E-state index in [1.54, 1.807) is 6.07 Å². The van der Waals surface area contributed by atoms with Crippen LogP contribution in [0.4, 0.5) is 4.79 Å². The quantitative estimate of drug-likeness (QED) is 0.907. The number of hydrogen-bond acceptors (Lipinski definition) is 2. The second kappa shape index (κ2) is 6.17. The fraction of sp³-hybridized carbons (Fsp3) is 0.529. The number of urea groups is 1. The van der Waals surface area contributed by atoms with Crippen molar-refractivity contribution < 1.29 is 4.79 Å². The Labute approximate surface area is 125 Å². The molecule has 0 bridgehead atoms. The Morgan fingerprint density at radius 2 is 2.19 bits per heavy atom. The third kappa shape index (κ3) is 3.02.